The number of sulfonamides is 1. The van der Waals surface area contributed by atoms with Gasteiger partial charge in [0.15, 0.2) is 0 Å². The quantitative estimate of drug-likeness (QED) is 0.519. The lowest BCUT2D eigenvalue weighted by Crippen LogP contribution is -2.25. The van der Waals surface area contributed by atoms with Gasteiger partial charge in [0.2, 0.25) is 10.0 Å². The standard InChI is InChI=1S/C20H18N2O2S2/c23-26(24,17-9-7-15(8-10-17)20-6-3-13-25-20)22-12-11-16-14-21-19-5-2-1-4-18(16)19/h1-10,13-14,21-22H,11-12H2. The van der Waals surface area contributed by atoms with Gasteiger partial charge in [-0.15, -0.1) is 11.3 Å². The molecule has 0 bridgehead atoms. The van der Waals surface area contributed by atoms with Crippen LogP contribution in [0, 0.1) is 0 Å². The molecule has 0 spiro atoms. The van der Waals surface area contributed by atoms with Gasteiger partial charge in [-0.25, -0.2) is 13.1 Å². The summed E-state index contributed by atoms with van der Waals surface area (Å²) in [5, 5.41) is 3.14. The van der Waals surface area contributed by atoms with Crippen molar-refractivity contribution in [3.63, 3.8) is 0 Å². The maximum atomic E-state index is 12.5. The minimum absolute atomic E-state index is 0.289. The minimum Gasteiger partial charge on any atom is -0.361 e. The Morgan fingerprint density at radius 3 is 2.54 bits per heavy atom. The summed E-state index contributed by atoms with van der Waals surface area (Å²) in [5.74, 6) is 0. The molecule has 0 aliphatic heterocycles. The molecular formula is C20H18N2O2S2. The Bertz CT molecular complexity index is 1110. The largest absolute Gasteiger partial charge is 0.361 e. The van der Waals surface area contributed by atoms with Gasteiger partial charge < -0.3 is 4.98 Å². The molecule has 2 aromatic carbocycles. The smallest absolute Gasteiger partial charge is 0.240 e. The van der Waals surface area contributed by atoms with Crippen LogP contribution in [0.1, 0.15) is 5.56 Å². The molecule has 2 N–H and O–H groups in total. The number of hydrogen-bond donors (Lipinski definition) is 2. The highest BCUT2D eigenvalue weighted by Crippen LogP contribution is 2.25. The first-order valence-corrected chi connectivity index (χ1v) is 10.7. The fourth-order valence-electron chi connectivity index (χ4n) is 2.98. The van der Waals surface area contributed by atoms with Gasteiger partial charge in [-0.3, -0.25) is 0 Å². The predicted molar refractivity (Wildman–Crippen MR) is 107 cm³/mol. The van der Waals surface area contributed by atoms with Crippen molar-refractivity contribution in [2.45, 2.75) is 11.3 Å². The van der Waals surface area contributed by atoms with Crippen molar-refractivity contribution in [3.8, 4) is 10.4 Å². The number of para-hydroxylation sites is 1. The van der Waals surface area contributed by atoms with E-state index in [0.29, 0.717) is 13.0 Å². The fourth-order valence-corrected chi connectivity index (χ4v) is 4.75. The third kappa shape index (κ3) is 3.44. The first kappa shape index (κ1) is 17.0. The van der Waals surface area contributed by atoms with E-state index in [1.165, 1.54) is 0 Å². The summed E-state index contributed by atoms with van der Waals surface area (Å²) in [6.45, 7) is 0.358. The van der Waals surface area contributed by atoms with Crippen LogP contribution in [0.15, 0.2) is 77.1 Å². The van der Waals surface area contributed by atoms with E-state index < -0.39 is 10.0 Å². The zero-order valence-electron chi connectivity index (χ0n) is 14.0. The summed E-state index contributed by atoms with van der Waals surface area (Å²) >= 11 is 1.63. The van der Waals surface area contributed by atoms with Crippen LogP contribution >= 0.6 is 11.3 Å². The Balaban J connectivity index is 1.44. The molecule has 6 heteroatoms. The van der Waals surface area contributed by atoms with Gasteiger partial charge in [0.1, 0.15) is 0 Å². The van der Waals surface area contributed by atoms with Crippen LogP contribution in [0.4, 0.5) is 0 Å². The monoisotopic (exact) mass is 382 g/mol. The van der Waals surface area contributed by atoms with Crippen LogP contribution in [-0.4, -0.2) is 19.9 Å². The van der Waals surface area contributed by atoms with E-state index in [-0.39, 0.29) is 4.90 Å². The molecule has 4 nitrogen and oxygen atoms in total. The van der Waals surface area contributed by atoms with E-state index in [1.807, 2.05) is 60.1 Å². The number of aromatic amines is 1. The van der Waals surface area contributed by atoms with E-state index in [2.05, 4.69) is 9.71 Å². The van der Waals surface area contributed by atoms with Gasteiger partial charge in [0.25, 0.3) is 0 Å². The molecule has 2 heterocycles. The molecule has 0 amide bonds. The highest BCUT2D eigenvalue weighted by atomic mass is 32.2. The molecule has 0 fully saturated rings. The fraction of sp³-hybridized carbons (Fsp3) is 0.100. The van der Waals surface area contributed by atoms with Crippen molar-refractivity contribution in [3.05, 3.63) is 77.8 Å². The molecule has 0 saturated heterocycles. The van der Waals surface area contributed by atoms with Gasteiger partial charge in [0.05, 0.1) is 4.90 Å². The summed E-state index contributed by atoms with van der Waals surface area (Å²) < 4.78 is 27.7. The number of benzene rings is 2. The molecule has 0 unspecified atom stereocenters. The van der Waals surface area contributed by atoms with Crippen LogP contribution in [0.25, 0.3) is 21.3 Å². The topological polar surface area (TPSA) is 62.0 Å². The lowest BCUT2D eigenvalue weighted by Gasteiger charge is -2.07. The van der Waals surface area contributed by atoms with Crippen LogP contribution in [0.5, 0.6) is 0 Å². The van der Waals surface area contributed by atoms with Crippen molar-refractivity contribution < 1.29 is 8.42 Å². The zero-order valence-corrected chi connectivity index (χ0v) is 15.6. The van der Waals surface area contributed by atoms with Gasteiger partial charge in [-0.1, -0.05) is 36.4 Å². The number of thiophene rings is 1. The van der Waals surface area contributed by atoms with E-state index >= 15 is 0 Å². The summed E-state index contributed by atoms with van der Waals surface area (Å²) in [7, 11) is -3.51. The van der Waals surface area contributed by atoms with Crippen LogP contribution < -0.4 is 4.72 Å². The molecule has 0 aliphatic rings. The number of hydrogen-bond acceptors (Lipinski definition) is 3. The van der Waals surface area contributed by atoms with Crippen molar-refractivity contribution >= 4 is 32.3 Å². The van der Waals surface area contributed by atoms with Gasteiger partial charge in [0, 0.05) is 28.5 Å². The lowest BCUT2D eigenvalue weighted by atomic mass is 10.1. The second-order valence-electron chi connectivity index (χ2n) is 6.01. The normalized spacial score (nSPS) is 11.8. The van der Waals surface area contributed by atoms with Crippen LogP contribution in [-0.2, 0) is 16.4 Å². The molecule has 0 aliphatic carbocycles. The van der Waals surface area contributed by atoms with Crippen molar-refractivity contribution in [2.24, 2.45) is 0 Å². The Morgan fingerprint density at radius 1 is 0.962 bits per heavy atom. The highest BCUT2D eigenvalue weighted by Gasteiger charge is 2.14. The molecule has 0 radical (unpaired) electrons. The SMILES string of the molecule is O=S(=O)(NCCc1c[nH]c2ccccc12)c1ccc(-c2cccs2)cc1. The zero-order chi connectivity index (χ0) is 18.0. The molecule has 0 atom stereocenters. The third-order valence-electron chi connectivity index (χ3n) is 4.33. The summed E-state index contributed by atoms with van der Waals surface area (Å²) in [5.41, 5.74) is 3.20. The van der Waals surface area contributed by atoms with Crippen LogP contribution in [0.2, 0.25) is 0 Å². The molecule has 26 heavy (non-hydrogen) atoms. The van der Waals surface area contributed by atoms with E-state index in [9.17, 15) is 8.42 Å². The van der Waals surface area contributed by atoms with E-state index in [4.69, 9.17) is 0 Å². The Labute approximate surface area is 156 Å². The number of H-pyrrole nitrogens is 1. The highest BCUT2D eigenvalue weighted by molar-refractivity contribution is 7.89. The third-order valence-corrected chi connectivity index (χ3v) is 6.73. The number of fused-ring (bicyclic) bond motifs is 1. The van der Waals surface area contributed by atoms with Crippen molar-refractivity contribution in [1.29, 1.82) is 0 Å². The van der Waals surface area contributed by atoms with Gasteiger partial charge in [-0.05, 0) is 47.2 Å². The number of nitrogens with one attached hydrogen (secondary N) is 2. The van der Waals surface area contributed by atoms with E-state index in [0.717, 1.165) is 26.9 Å². The predicted octanol–water partition coefficient (Wildman–Crippen LogP) is 4.42. The summed E-state index contributed by atoms with van der Waals surface area (Å²) in [6, 6.07) is 19.0. The Kier molecular flexibility index (Phi) is 4.63. The summed E-state index contributed by atoms with van der Waals surface area (Å²) in [6.07, 6.45) is 2.57. The number of aromatic nitrogens is 1. The average molecular weight is 383 g/mol. The van der Waals surface area contributed by atoms with Crippen molar-refractivity contribution in [1.82, 2.24) is 9.71 Å². The van der Waals surface area contributed by atoms with Crippen molar-refractivity contribution in [2.75, 3.05) is 6.54 Å². The molecule has 4 aromatic rings. The second-order valence-corrected chi connectivity index (χ2v) is 8.72. The molecule has 0 saturated carbocycles. The lowest BCUT2D eigenvalue weighted by molar-refractivity contribution is 0.582. The van der Waals surface area contributed by atoms with E-state index in [1.54, 1.807) is 23.5 Å². The molecule has 132 valence electrons. The average Bonchev–Trinajstić information content (AvgIpc) is 3.32. The first-order valence-electron chi connectivity index (χ1n) is 8.32. The van der Waals surface area contributed by atoms with Gasteiger partial charge in [-0.2, -0.15) is 0 Å². The molecule has 4 rings (SSSR count). The second kappa shape index (κ2) is 7.07. The first-order chi connectivity index (χ1) is 12.6. The maximum absolute atomic E-state index is 12.5. The number of rotatable bonds is 6. The molecular weight excluding hydrogens is 364 g/mol. The summed E-state index contributed by atoms with van der Waals surface area (Å²) in [4.78, 5) is 4.63. The van der Waals surface area contributed by atoms with Gasteiger partial charge >= 0.3 is 0 Å². The molecule has 2 aromatic heterocycles. The maximum Gasteiger partial charge on any atom is 0.240 e. The Hall–Kier alpha value is -2.41. The Morgan fingerprint density at radius 2 is 1.77 bits per heavy atom. The minimum atomic E-state index is -3.51. The van der Waals surface area contributed by atoms with Crippen LogP contribution in [0.3, 0.4) is 0 Å².